The summed E-state index contributed by atoms with van der Waals surface area (Å²) in [6.45, 7) is 5.12. The molecule has 0 heterocycles. The maximum Gasteiger partial charge on any atom is 0.126 e. The molecule has 0 rings (SSSR count). The highest BCUT2D eigenvalue weighted by atomic mass is 16.5. The molecule has 0 aliphatic heterocycles. The van der Waals surface area contributed by atoms with E-state index < -0.39 is 6.10 Å². The fraction of sp³-hybridized carbons (Fsp3) is 0.500. The Kier molecular flexibility index (Phi) is 4.10. The van der Waals surface area contributed by atoms with Gasteiger partial charge in [0.25, 0.3) is 0 Å². The van der Waals surface area contributed by atoms with Gasteiger partial charge in [0.05, 0.1) is 6.10 Å². The van der Waals surface area contributed by atoms with E-state index in [1.165, 1.54) is 0 Å². The summed E-state index contributed by atoms with van der Waals surface area (Å²) in [7, 11) is 0. The van der Waals surface area contributed by atoms with Crippen LogP contribution < -0.4 is 0 Å². The first-order valence-electron chi connectivity index (χ1n) is 2.32. The van der Waals surface area contributed by atoms with E-state index in [4.69, 9.17) is 5.11 Å². The molecule has 0 amide bonds. The van der Waals surface area contributed by atoms with E-state index in [-0.39, 0.29) is 6.61 Å². The third-order valence-corrected chi connectivity index (χ3v) is 0.450. The first-order valence-corrected chi connectivity index (χ1v) is 2.32. The summed E-state index contributed by atoms with van der Waals surface area (Å²) in [5.74, 6) is 2.51. The summed E-state index contributed by atoms with van der Waals surface area (Å²) in [6.07, 6.45) is 1.66. The molecule has 1 N–H and O–H groups in total. The van der Waals surface area contributed by atoms with Gasteiger partial charge in [-0.3, -0.25) is 0 Å². The molecule has 0 aromatic heterocycles. The van der Waals surface area contributed by atoms with Crippen LogP contribution in [0.2, 0.25) is 0 Å². The highest BCUT2D eigenvalue weighted by Gasteiger charge is 1.90. The molecule has 8 heavy (non-hydrogen) atoms. The van der Waals surface area contributed by atoms with Crippen molar-refractivity contribution in [1.29, 1.82) is 0 Å². The van der Waals surface area contributed by atoms with Crippen molar-refractivity contribution in [2.24, 2.45) is 0 Å². The molecule has 0 fully saturated rings. The number of rotatable bonds is 2. The minimum atomic E-state index is -0.671. The van der Waals surface area contributed by atoms with E-state index in [1.54, 1.807) is 6.92 Å². The van der Waals surface area contributed by atoms with Gasteiger partial charge in [0.2, 0.25) is 0 Å². The van der Waals surface area contributed by atoms with Gasteiger partial charge < -0.3 is 9.84 Å². The Balaban J connectivity index is 3.01. The van der Waals surface area contributed by atoms with Gasteiger partial charge in [-0.15, -0.1) is 0 Å². The predicted octanol–water partition coefficient (Wildman–Crippen LogP) is 0.179. The maximum atomic E-state index is 8.48. The molecule has 0 aromatic carbocycles. The topological polar surface area (TPSA) is 29.5 Å². The van der Waals surface area contributed by atoms with Crippen molar-refractivity contribution in [2.45, 2.75) is 13.0 Å². The zero-order valence-corrected chi connectivity index (χ0v) is 4.85. The molecule has 0 aliphatic rings. The van der Waals surface area contributed by atoms with Crippen molar-refractivity contribution in [3.63, 3.8) is 0 Å². The van der Waals surface area contributed by atoms with Crippen LogP contribution in [0, 0.1) is 19.0 Å². The van der Waals surface area contributed by atoms with Crippen molar-refractivity contribution >= 4 is 0 Å². The van der Waals surface area contributed by atoms with Crippen molar-refractivity contribution < 1.29 is 9.84 Å². The normalized spacial score (nSPS) is 11.4. The lowest BCUT2D eigenvalue weighted by Gasteiger charge is -1.97. The highest BCUT2D eigenvalue weighted by Crippen LogP contribution is 1.77. The predicted molar refractivity (Wildman–Crippen MR) is 30.8 cm³/mol. The molecule has 2 heteroatoms. The Morgan fingerprint density at radius 1 is 1.88 bits per heavy atom. The van der Waals surface area contributed by atoms with Crippen LogP contribution >= 0.6 is 0 Å². The SMILES string of the molecule is [CH2]C(O)COC#CC. The molecule has 0 saturated heterocycles. The monoisotopic (exact) mass is 113 g/mol. The van der Waals surface area contributed by atoms with Gasteiger partial charge >= 0.3 is 0 Å². The van der Waals surface area contributed by atoms with Gasteiger partial charge in [-0.2, -0.15) is 0 Å². The molecule has 45 valence electrons. The average Bonchev–Trinajstić information content (AvgIpc) is 1.66. The van der Waals surface area contributed by atoms with Crippen LogP contribution in [0.5, 0.6) is 0 Å². The minimum Gasteiger partial charge on any atom is -0.444 e. The van der Waals surface area contributed by atoms with Crippen LogP contribution in [0.15, 0.2) is 0 Å². The van der Waals surface area contributed by atoms with Gasteiger partial charge in [-0.25, -0.2) is 0 Å². The number of aliphatic hydroxyl groups excluding tert-OH is 1. The molecule has 0 bridgehead atoms. The van der Waals surface area contributed by atoms with Crippen LogP contribution in [0.1, 0.15) is 6.92 Å². The van der Waals surface area contributed by atoms with Gasteiger partial charge in [-0.1, -0.05) is 5.92 Å². The molecule has 0 aromatic rings. The average molecular weight is 113 g/mol. The number of ether oxygens (including phenoxy) is 1. The second-order valence-corrected chi connectivity index (χ2v) is 1.32. The van der Waals surface area contributed by atoms with Crippen LogP contribution in [0.4, 0.5) is 0 Å². The third kappa shape index (κ3) is 5.32. The molecule has 1 atom stereocenters. The standard InChI is InChI=1S/C6H9O2/c1-3-4-8-5-6(2)7/h6-7H,2,5H2,1H3. The summed E-state index contributed by atoms with van der Waals surface area (Å²) in [5.41, 5.74) is 0. The minimum absolute atomic E-state index is 0.181. The van der Waals surface area contributed by atoms with Crippen LogP contribution in [0.25, 0.3) is 0 Å². The van der Waals surface area contributed by atoms with Crippen LogP contribution in [-0.4, -0.2) is 17.8 Å². The van der Waals surface area contributed by atoms with Crippen molar-refractivity contribution in [3.8, 4) is 12.0 Å². The quantitative estimate of drug-likeness (QED) is 0.517. The highest BCUT2D eigenvalue weighted by molar-refractivity contribution is 4.85. The molecule has 0 saturated carbocycles. The van der Waals surface area contributed by atoms with Crippen molar-refractivity contribution in [2.75, 3.05) is 6.61 Å². The fourth-order valence-corrected chi connectivity index (χ4v) is 0.210. The molecule has 0 spiro atoms. The Morgan fingerprint density at radius 3 is 2.88 bits per heavy atom. The molecule has 0 aliphatic carbocycles. The Bertz CT molecular complexity index is 96.8. The summed E-state index contributed by atoms with van der Waals surface area (Å²) >= 11 is 0. The lowest BCUT2D eigenvalue weighted by atomic mass is 10.5. The molecular formula is C6H9O2. The number of aliphatic hydroxyl groups is 1. The van der Waals surface area contributed by atoms with Gasteiger partial charge in [-0.05, 0) is 6.92 Å². The second kappa shape index (κ2) is 4.48. The summed E-state index contributed by atoms with van der Waals surface area (Å²) < 4.78 is 4.57. The lowest BCUT2D eigenvalue weighted by Crippen LogP contribution is -2.07. The van der Waals surface area contributed by atoms with Gasteiger partial charge in [0, 0.05) is 6.92 Å². The maximum absolute atomic E-state index is 8.48. The van der Waals surface area contributed by atoms with Crippen molar-refractivity contribution in [1.82, 2.24) is 0 Å². The van der Waals surface area contributed by atoms with E-state index in [2.05, 4.69) is 23.7 Å². The Morgan fingerprint density at radius 2 is 2.50 bits per heavy atom. The summed E-state index contributed by atoms with van der Waals surface area (Å²) in [6, 6.07) is 0. The van der Waals surface area contributed by atoms with Gasteiger partial charge in [0.1, 0.15) is 12.7 Å². The first kappa shape index (κ1) is 7.32. The third-order valence-electron chi connectivity index (χ3n) is 0.450. The van der Waals surface area contributed by atoms with E-state index >= 15 is 0 Å². The largest absolute Gasteiger partial charge is 0.444 e. The van der Waals surface area contributed by atoms with Crippen molar-refractivity contribution in [3.05, 3.63) is 6.92 Å². The smallest absolute Gasteiger partial charge is 0.126 e. The fourth-order valence-electron chi connectivity index (χ4n) is 0.210. The van der Waals surface area contributed by atoms with E-state index in [9.17, 15) is 0 Å². The second-order valence-electron chi connectivity index (χ2n) is 1.32. The lowest BCUT2D eigenvalue weighted by molar-refractivity contribution is 0.126. The summed E-state index contributed by atoms with van der Waals surface area (Å²) in [5, 5.41) is 8.48. The molecule has 1 radical (unpaired) electrons. The number of hydrogen-bond acceptors (Lipinski definition) is 2. The first-order chi connectivity index (χ1) is 3.77. The Labute approximate surface area is 49.5 Å². The zero-order valence-electron chi connectivity index (χ0n) is 4.85. The van der Waals surface area contributed by atoms with E-state index in [0.29, 0.717) is 0 Å². The molecular weight excluding hydrogens is 104 g/mol. The van der Waals surface area contributed by atoms with Crippen LogP contribution in [-0.2, 0) is 4.74 Å². The molecule has 1 unspecified atom stereocenters. The zero-order chi connectivity index (χ0) is 6.41. The van der Waals surface area contributed by atoms with Crippen LogP contribution in [0.3, 0.4) is 0 Å². The van der Waals surface area contributed by atoms with E-state index in [1.807, 2.05) is 0 Å². The Hall–Kier alpha value is -0.680. The molecule has 2 nitrogen and oxygen atoms in total. The van der Waals surface area contributed by atoms with Gasteiger partial charge in [0.15, 0.2) is 0 Å². The van der Waals surface area contributed by atoms with E-state index in [0.717, 1.165) is 0 Å². The number of hydrogen-bond donors (Lipinski definition) is 1. The summed E-state index contributed by atoms with van der Waals surface area (Å²) in [4.78, 5) is 0.